The summed E-state index contributed by atoms with van der Waals surface area (Å²) in [7, 11) is 0. The molecule has 1 N–H and O–H groups in total. The Morgan fingerprint density at radius 3 is 2.67 bits per heavy atom. The molecule has 1 aromatic carbocycles. The lowest BCUT2D eigenvalue weighted by Gasteiger charge is -2.04. The summed E-state index contributed by atoms with van der Waals surface area (Å²) in [6.07, 6.45) is 1.14. The molecule has 0 radical (unpaired) electrons. The van der Waals surface area contributed by atoms with E-state index in [0.29, 0.717) is 5.16 Å². The first kappa shape index (κ1) is 16.2. The van der Waals surface area contributed by atoms with Crippen molar-refractivity contribution in [3.8, 4) is 0 Å². The third kappa shape index (κ3) is 5.59. The molecule has 2 rings (SSSR count). The van der Waals surface area contributed by atoms with Crippen molar-refractivity contribution in [1.29, 1.82) is 0 Å². The van der Waals surface area contributed by atoms with Crippen molar-refractivity contribution in [2.45, 2.75) is 36.9 Å². The lowest BCUT2D eigenvalue weighted by Crippen LogP contribution is -2.09. The number of aromatic amines is 1. The average molecular weight is 320 g/mol. The van der Waals surface area contributed by atoms with E-state index in [-0.39, 0.29) is 5.56 Å². The molecule has 0 saturated heterocycles. The van der Waals surface area contributed by atoms with E-state index in [0.717, 1.165) is 29.4 Å². The maximum Gasteiger partial charge on any atom is 0.251 e. The number of aryl methyl sites for hydroxylation is 1. The molecule has 0 unspecified atom stereocenters. The van der Waals surface area contributed by atoms with E-state index < -0.39 is 0 Å². The van der Waals surface area contributed by atoms with Crippen LogP contribution in [-0.2, 0) is 11.5 Å². The number of H-pyrrole nitrogens is 1. The molecule has 112 valence electrons. The van der Waals surface area contributed by atoms with Crippen LogP contribution in [0.3, 0.4) is 0 Å². The van der Waals surface area contributed by atoms with E-state index >= 15 is 0 Å². The molecule has 1 aromatic heterocycles. The molecule has 3 nitrogen and oxygen atoms in total. The molecule has 0 amide bonds. The van der Waals surface area contributed by atoms with Crippen molar-refractivity contribution in [1.82, 2.24) is 9.97 Å². The minimum Gasteiger partial charge on any atom is -0.301 e. The first-order valence-electron chi connectivity index (χ1n) is 7.03. The van der Waals surface area contributed by atoms with E-state index in [1.54, 1.807) is 17.8 Å². The fourth-order valence-corrected chi connectivity index (χ4v) is 3.42. The van der Waals surface area contributed by atoms with Crippen LogP contribution in [0.2, 0.25) is 0 Å². The topological polar surface area (TPSA) is 45.8 Å². The van der Waals surface area contributed by atoms with E-state index in [4.69, 9.17) is 0 Å². The Kier molecular flexibility index (Phi) is 6.39. The summed E-state index contributed by atoms with van der Waals surface area (Å²) in [5.74, 6) is 2.71. The predicted octanol–water partition coefficient (Wildman–Crippen LogP) is 4.01. The molecule has 1 heterocycles. The summed E-state index contributed by atoms with van der Waals surface area (Å²) in [5, 5.41) is 0.704. The number of benzene rings is 1. The zero-order chi connectivity index (χ0) is 15.1. The van der Waals surface area contributed by atoms with Crippen molar-refractivity contribution in [2.75, 3.05) is 5.75 Å². The zero-order valence-corrected chi connectivity index (χ0v) is 14.0. The number of rotatable bonds is 7. The van der Waals surface area contributed by atoms with Crippen LogP contribution in [0.1, 0.15) is 30.2 Å². The Balaban J connectivity index is 1.99. The van der Waals surface area contributed by atoms with Crippen LogP contribution in [0, 0.1) is 6.92 Å². The molecule has 0 saturated carbocycles. The van der Waals surface area contributed by atoms with Crippen LogP contribution >= 0.6 is 23.5 Å². The SMILES string of the molecule is CCCSCc1cc(=O)[nH]c(SCc2ccc(C)cc2)n1. The highest BCUT2D eigenvalue weighted by Gasteiger charge is 2.03. The van der Waals surface area contributed by atoms with Crippen LogP contribution < -0.4 is 5.56 Å². The van der Waals surface area contributed by atoms with Crippen LogP contribution in [-0.4, -0.2) is 15.7 Å². The van der Waals surface area contributed by atoms with Gasteiger partial charge in [-0.15, -0.1) is 0 Å². The average Bonchev–Trinajstić information content (AvgIpc) is 2.46. The Hall–Kier alpha value is -1.20. The fraction of sp³-hybridized carbons (Fsp3) is 0.375. The van der Waals surface area contributed by atoms with E-state index in [9.17, 15) is 4.79 Å². The minimum atomic E-state index is -0.0662. The normalized spacial score (nSPS) is 10.8. The van der Waals surface area contributed by atoms with Gasteiger partial charge in [-0.3, -0.25) is 4.79 Å². The molecule has 0 bridgehead atoms. The lowest BCUT2D eigenvalue weighted by molar-refractivity contribution is 0.899. The summed E-state index contributed by atoms with van der Waals surface area (Å²) in [6, 6.07) is 10.0. The summed E-state index contributed by atoms with van der Waals surface area (Å²) in [6.45, 7) is 4.23. The van der Waals surface area contributed by atoms with Gasteiger partial charge in [0.1, 0.15) is 0 Å². The second kappa shape index (κ2) is 8.29. The summed E-state index contributed by atoms with van der Waals surface area (Å²) >= 11 is 3.39. The van der Waals surface area contributed by atoms with Gasteiger partial charge in [0.25, 0.3) is 5.56 Å². The molecule has 0 atom stereocenters. The molecule has 0 aliphatic rings. The lowest BCUT2D eigenvalue weighted by atomic mass is 10.2. The number of nitrogens with zero attached hydrogens (tertiary/aromatic N) is 1. The number of thioether (sulfide) groups is 2. The van der Waals surface area contributed by atoms with Gasteiger partial charge in [-0.25, -0.2) is 4.98 Å². The van der Waals surface area contributed by atoms with Crippen molar-refractivity contribution in [3.05, 3.63) is 57.5 Å². The number of aromatic nitrogens is 2. The monoisotopic (exact) mass is 320 g/mol. The highest BCUT2D eigenvalue weighted by atomic mass is 32.2. The summed E-state index contributed by atoms with van der Waals surface area (Å²) in [5.41, 5.74) is 3.29. The highest BCUT2D eigenvalue weighted by Crippen LogP contribution is 2.19. The zero-order valence-electron chi connectivity index (χ0n) is 12.4. The van der Waals surface area contributed by atoms with E-state index in [2.05, 4.69) is 48.1 Å². The van der Waals surface area contributed by atoms with Gasteiger partial charge in [0.2, 0.25) is 0 Å². The van der Waals surface area contributed by atoms with Gasteiger partial charge in [-0.2, -0.15) is 11.8 Å². The largest absolute Gasteiger partial charge is 0.301 e. The molecule has 2 aromatic rings. The van der Waals surface area contributed by atoms with Gasteiger partial charge in [0.15, 0.2) is 5.16 Å². The maximum absolute atomic E-state index is 11.7. The first-order valence-corrected chi connectivity index (χ1v) is 9.17. The fourth-order valence-electron chi connectivity index (χ4n) is 1.78. The van der Waals surface area contributed by atoms with Crippen LogP contribution in [0.25, 0.3) is 0 Å². The Morgan fingerprint density at radius 2 is 1.95 bits per heavy atom. The third-order valence-electron chi connectivity index (χ3n) is 2.87. The minimum absolute atomic E-state index is 0.0662. The Bertz CT molecular complexity index is 623. The second-order valence-electron chi connectivity index (χ2n) is 4.87. The maximum atomic E-state index is 11.7. The van der Waals surface area contributed by atoms with Crippen LogP contribution in [0.15, 0.2) is 40.3 Å². The van der Waals surface area contributed by atoms with Gasteiger partial charge in [-0.1, -0.05) is 48.5 Å². The molecule has 0 aliphatic heterocycles. The van der Waals surface area contributed by atoms with Crippen molar-refractivity contribution in [2.24, 2.45) is 0 Å². The molecule has 0 spiro atoms. The third-order valence-corrected chi connectivity index (χ3v) is 5.01. The van der Waals surface area contributed by atoms with E-state index in [1.165, 1.54) is 11.1 Å². The predicted molar refractivity (Wildman–Crippen MR) is 92.1 cm³/mol. The van der Waals surface area contributed by atoms with Crippen LogP contribution in [0.5, 0.6) is 0 Å². The molecule has 21 heavy (non-hydrogen) atoms. The molecular weight excluding hydrogens is 300 g/mol. The molecular formula is C16H20N2OS2. The summed E-state index contributed by atoms with van der Waals surface area (Å²) < 4.78 is 0. The Morgan fingerprint density at radius 1 is 1.19 bits per heavy atom. The highest BCUT2D eigenvalue weighted by molar-refractivity contribution is 7.98. The quantitative estimate of drug-likeness (QED) is 0.475. The molecule has 5 heteroatoms. The molecule has 0 fully saturated rings. The van der Waals surface area contributed by atoms with Gasteiger partial charge in [-0.05, 0) is 24.7 Å². The smallest absolute Gasteiger partial charge is 0.251 e. The second-order valence-corrected chi connectivity index (χ2v) is 6.94. The first-order chi connectivity index (χ1) is 10.2. The Labute approximate surface area is 134 Å². The van der Waals surface area contributed by atoms with Crippen molar-refractivity contribution < 1.29 is 0 Å². The van der Waals surface area contributed by atoms with Crippen molar-refractivity contribution >= 4 is 23.5 Å². The van der Waals surface area contributed by atoms with Gasteiger partial charge in [0.05, 0.1) is 5.69 Å². The number of hydrogen-bond donors (Lipinski definition) is 1. The van der Waals surface area contributed by atoms with Gasteiger partial charge in [0, 0.05) is 17.6 Å². The number of hydrogen-bond acceptors (Lipinski definition) is 4. The van der Waals surface area contributed by atoms with Gasteiger partial charge >= 0.3 is 0 Å². The van der Waals surface area contributed by atoms with Crippen LogP contribution in [0.4, 0.5) is 0 Å². The molecule has 0 aliphatic carbocycles. The number of nitrogens with one attached hydrogen (secondary N) is 1. The standard InChI is InChI=1S/C16H20N2OS2/c1-3-8-20-11-14-9-15(19)18-16(17-14)21-10-13-6-4-12(2)5-7-13/h4-7,9H,3,8,10-11H2,1-2H3,(H,17,18,19). The van der Waals surface area contributed by atoms with Gasteiger partial charge < -0.3 is 4.98 Å². The van der Waals surface area contributed by atoms with Crippen molar-refractivity contribution in [3.63, 3.8) is 0 Å². The summed E-state index contributed by atoms with van der Waals surface area (Å²) in [4.78, 5) is 19.0. The van der Waals surface area contributed by atoms with E-state index in [1.807, 2.05) is 11.8 Å².